The fourth-order valence-corrected chi connectivity index (χ4v) is 3.99. The third kappa shape index (κ3) is 5.44. The highest BCUT2D eigenvalue weighted by Gasteiger charge is 2.27. The van der Waals surface area contributed by atoms with Crippen molar-refractivity contribution in [3.8, 4) is 5.75 Å². The van der Waals surface area contributed by atoms with Crippen LogP contribution in [-0.2, 0) is 0 Å². The molecular weight excluding hydrogens is 390 g/mol. The van der Waals surface area contributed by atoms with Crippen LogP contribution in [0.5, 0.6) is 5.75 Å². The largest absolute Gasteiger partial charge is 0.497 e. The molecular formula is C20H27N5O3S. The van der Waals surface area contributed by atoms with E-state index >= 15 is 0 Å². The van der Waals surface area contributed by atoms with Gasteiger partial charge in [-0.15, -0.1) is 10.2 Å². The summed E-state index contributed by atoms with van der Waals surface area (Å²) < 4.78 is 5.11. The summed E-state index contributed by atoms with van der Waals surface area (Å²) in [5.41, 5.74) is 0.674. The predicted molar refractivity (Wildman–Crippen MR) is 113 cm³/mol. The summed E-state index contributed by atoms with van der Waals surface area (Å²) in [7, 11) is 1.60. The Hall–Kier alpha value is -2.68. The molecule has 2 aromatic rings. The Balaban J connectivity index is 1.53. The molecule has 0 radical (unpaired) electrons. The number of hydrogen-bond donors (Lipinski definition) is 2. The zero-order valence-electron chi connectivity index (χ0n) is 17.0. The van der Waals surface area contributed by atoms with Crippen LogP contribution in [0.1, 0.15) is 53.8 Å². The SMILES string of the molecule is CCC(C)NC(=O)N1CCC(c2nnc(C(=O)Nc3ccc(OC)cc3)s2)CC1. The molecule has 156 valence electrons. The lowest BCUT2D eigenvalue weighted by molar-refractivity contribution is 0.102. The smallest absolute Gasteiger partial charge is 0.317 e. The number of benzene rings is 1. The van der Waals surface area contributed by atoms with Crippen LogP contribution in [0.4, 0.5) is 10.5 Å². The molecule has 8 nitrogen and oxygen atoms in total. The van der Waals surface area contributed by atoms with Crippen LogP contribution in [0, 0.1) is 0 Å². The van der Waals surface area contributed by atoms with Crippen LogP contribution >= 0.6 is 11.3 Å². The van der Waals surface area contributed by atoms with Gasteiger partial charge in [-0.05, 0) is 50.5 Å². The third-order valence-corrected chi connectivity index (χ3v) is 6.18. The number of amides is 3. The van der Waals surface area contributed by atoms with Crippen LogP contribution < -0.4 is 15.4 Å². The second-order valence-electron chi connectivity index (χ2n) is 7.15. The Bertz CT molecular complexity index is 831. The molecule has 0 saturated carbocycles. The zero-order valence-corrected chi connectivity index (χ0v) is 17.8. The highest BCUT2D eigenvalue weighted by molar-refractivity contribution is 7.13. The van der Waals surface area contributed by atoms with Crippen molar-refractivity contribution < 1.29 is 14.3 Å². The summed E-state index contributed by atoms with van der Waals surface area (Å²) in [5, 5.41) is 15.3. The van der Waals surface area contributed by atoms with Crippen molar-refractivity contribution in [1.82, 2.24) is 20.4 Å². The van der Waals surface area contributed by atoms with Crippen LogP contribution in [0.3, 0.4) is 0 Å². The standard InChI is InChI=1S/C20H27N5O3S/c1-4-13(2)21-20(27)25-11-9-14(10-12-25)18-23-24-19(29-18)17(26)22-15-5-7-16(28-3)8-6-15/h5-8,13-14H,4,9-12H2,1-3H3,(H,21,27)(H,22,26). The first-order valence-electron chi connectivity index (χ1n) is 9.84. The number of anilines is 1. The number of ether oxygens (including phenoxy) is 1. The zero-order chi connectivity index (χ0) is 20.8. The van der Waals surface area contributed by atoms with E-state index in [-0.39, 0.29) is 23.9 Å². The number of likely N-dealkylation sites (tertiary alicyclic amines) is 1. The van der Waals surface area contributed by atoms with Crippen molar-refractivity contribution in [2.24, 2.45) is 0 Å². The third-order valence-electron chi connectivity index (χ3n) is 5.10. The molecule has 0 spiro atoms. The van der Waals surface area contributed by atoms with E-state index in [4.69, 9.17) is 4.74 Å². The van der Waals surface area contributed by atoms with Gasteiger partial charge in [0.05, 0.1) is 7.11 Å². The first-order valence-corrected chi connectivity index (χ1v) is 10.7. The summed E-state index contributed by atoms with van der Waals surface area (Å²) in [6.07, 6.45) is 2.56. The fraction of sp³-hybridized carbons (Fsp3) is 0.500. The van der Waals surface area contributed by atoms with Crippen molar-refractivity contribution in [3.63, 3.8) is 0 Å². The second kappa shape index (κ2) is 9.69. The molecule has 1 fully saturated rings. The van der Waals surface area contributed by atoms with E-state index in [1.165, 1.54) is 11.3 Å². The van der Waals surface area contributed by atoms with Crippen LogP contribution in [0.25, 0.3) is 0 Å². The van der Waals surface area contributed by atoms with Gasteiger partial charge >= 0.3 is 6.03 Å². The molecule has 3 rings (SSSR count). The van der Waals surface area contributed by atoms with Crippen LogP contribution in [0.15, 0.2) is 24.3 Å². The minimum absolute atomic E-state index is 0.00498. The topological polar surface area (TPSA) is 96.5 Å². The van der Waals surface area contributed by atoms with Gasteiger partial charge in [-0.3, -0.25) is 4.79 Å². The normalized spacial score (nSPS) is 15.6. The molecule has 0 bridgehead atoms. The number of rotatable bonds is 6. The molecule has 9 heteroatoms. The van der Waals surface area contributed by atoms with Gasteiger partial charge in [0.15, 0.2) is 0 Å². The molecule has 1 aliphatic heterocycles. The average Bonchev–Trinajstić information content (AvgIpc) is 3.24. The summed E-state index contributed by atoms with van der Waals surface area (Å²) in [6.45, 7) is 5.42. The number of urea groups is 1. The molecule has 29 heavy (non-hydrogen) atoms. The maximum atomic E-state index is 12.4. The van der Waals surface area contributed by atoms with Gasteiger partial charge in [0.2, 0.25) is 5.01 Å². The molecule has 2 heterocycles. The first-order chi connectivity index (χ1) is 14.0. The van der Waals surface area contributed by atoms with Gasteiger partial charge in [-0.1, -0.05) is 18.3 Å². The molecule has 1 aromatic carbocycles. The molecule has 1 atom stereocenters. The number of nitrogens with one attached hydrogen (secondary N) is 2. The molecule has 1 unspecified atom stereocenters. The minimum Gasteiger partial charge on any atom is -0.497 e. The number of hydrogen-bond acceptors (Lipinski definition) is 6. The number of carbonyl (C=O) groups is 2. The average molecular weight is 418 g/mol. The number of methoxy groups -OCH3 is 1. The maximum absolute atomic E-state index is 12.4. The number of piperidine rings is 1. The first kappa shape index (κ1) is 21.0. The van der Waals surface area contributed by atoms with Gasteiger partial charge in [0, 0.05) is 30.7 Å². The molecule has 0 aliphatic carbocycles. The van der Waals surface area contributed by atoms with Crippen LogP contribution in [-0.4, -0.2) is 53.3 Å². The van der Waals surface area contributed by atoms with Crippen molar-refractivity contribution in [3.05, 3.63) is 34.3 Å². The van der Waals surface area contributed by atoms with Crippen LogP contribution in [0.2, 0.25) is 0 Å². The van der Waals surface area contributed by atoms with E-state index in [9.17, 15) is 9.59 Å². The van der Waals surface area contributed by atoms with E-state index < -0.39 is 0 Å². The highest BCUT2D eigenvalue weighted by atomic mass is 32.1. The lowest BCUT2D eigenvalue weighted by Crippen LogP contribution is -2.46. The van der Waals surface area contributed by atoms with Gasteiger partial charge < -0.3 is 20.3 Å². The lowest BCUT2D eigenvalue weighted by Gasteiger charge is -2.31. The van der Waals surface area contributed by atoms with E-state index in [0.29, 0.717) is 23.8 Å². The molecule has 1 saturated heterocycles. The summed E-state index contributed by atoms with van der Waals surface area (Å²) in [6, 6.07) is 7.29. The van der Waals surface area contributed by atoms with Gasteiger partial charge in [0.25, 0.3) is 5.91 Å². The number of aromatic nitrogens is 2. The predicted octanol–water partition coefficient (Wildman–Crippen LogP) is 3.49. The number of nitrogens with zero attached hydrogens (tertiary/aromatic N) is 3. The Labute approximate surface area is 174 Å². The summed E-state index contributed by atoms with van der Waals surface area (Å²) in [4.78, 5) is 26.5. The Morgan fingerprint density at radius 2 is 1.93 bits per heavy atom. The van der Waals surface area contributed by atoms with E-state index in [0.717, 1.165) is 30.0 Å². The lowest BCUT2D eigenvalue weighted by atomic mass is 9.98. The fourth-order valence-electron chi connectivity index (χ4n) is 3.08. The Morgan fingerprint density at radius 3 is 2.55 bits per heavy atom. The molecule has 3 amide bonds. The van der Waals surface area contributed by atoms with Gasteiger partial charge in [0.1, 0.15) is 10.8 Å². The quantitative estimate of drug-likeness (QED) is 0.750. The minimum atomic E-state index is -0.274. The highest BCUT2D eigenvalue weighted by Crippen LogP contribution is 2.30. The number of carbonyl (C=O) groups excluding carboxylic acids is 2. The van der Waals surface area contributed by atoms with Crippen molar-refractivity contribution >= 4 is 29.0 Å². The van der Waals surface area contributed by atoms with Gasteiger partial charge in [-0.25, -0.2) is 4.79 Å². The van der Waals surface area contributed by atoms with Crippen molar-refractivity contribution in [1.29, 1.82) is 0 Å². The summed E-state index contributed by atoms with van der Waals surface area (Å²) >= 11 is 1.32. The van der Waals surface area contributed by atoms with E-state index in [1.54, 1.807) is 31.4 Å². The maximum Gasteiger partial charge on any atom is 0.317 e. The van der Waals surface area contributed by atoms with Gasteiger partial charge in [-0.2, -0.15) is 0 Å². The second-order valence-corrected chi connectivity index (χ2v) is 8.16. The molecule has 1 aromatic heterocycles. The summed E-state index contributed by atoms with van der Waals surface area (Å²) in [5.74, 6) is 0.678. The van der Waals surface area contributed by atoms with Crippen molar-refractivity contribution in [2.45, 2.75) is 45.1 Å². The van der Waals surface area contributed by atoms with Crippen molar-refractivity contribution in [2.75, 3.05) is 25.5 Å². The monoisotopic (exact) mass is 417 g/mol. The van der Waals surface area contributed by atoms with E-state index in [2.05, 4.69) is 27.8 Å². The Morgan fingerprint density at radius 1 is 1.24 bits per heavy atom. The molecule has 1 aliphatic rings. The Kier molecular flexibility index (Phi) is 7.03. The molecule has 2 N–H and O–H groups in total. The van der Waals surface area contributed by atoms with E-state index in [1.807, 2.05) is 11.8 Å².